The monoisotopic (exact) mass is 1710 g/mol. The van der Waals surface area contributed by atoms with Crippen molar-refractivity contribution in [2.24, 2.45) is 29.6 Å². The van der Waals surface area contributed by atoms with Crippen LogP contribution in [-0.2, 0) is 110 Å². The number of aromatic nitrogens is 6. The molecule has 121 heavy (non-hydrogen) atoms. The van der Waals surface area contributed by atoms with Crippen LogP contribution >= 0.6 is 11.6 Å². The van der Waals surface area contributed by atoms with Gasteiger partial charge in [-0.25, -0.2) is 17.6 Å². The molecule has 34 heteroatoms. The number of halogens is 13. The first-order valence-electron chi connectivity index (χ1n) is 38.7. The Kier molecular flexibility index (Phi) is 26.0. The fourth-order valence-corrected chi connectivity index (χ4v) is 16.5. The molecule has 5 aliphatic rings. The third-order valence-electron chi connectivity index (χ3n) is 22.4. The summed E-state index contributed by atoms with van der Waals surface area (Å²) in [6.07, 6.45) is -9.16. The summed E-state index contributed by atoms with van der Waals surface area (Å²) in [7, 11) is 7.60. The molecule has 14 rings (SSSR count). The molecule has 638 valence electrons. The number of imidazole rings is 1. The normalized spacial score (nSPS) is 16.9. The summed E-state index contributed by atoms with van der Waals surface area (Å²) in [4.78, 5) is 127. The Bertz CT molecular complexity index is 5510. The van der Waals surface area contributed by atoms with E-state index in [4.69, 9.17) is 22.1 Å². The predicted octanol–water partition coefficient (Wildman–Crippen LogP) is 15.6. The van der Waals surface area contributed by atoms with E-state index in [2.05, 4.69) is 15.2 Å². The van der Waals surface area contributed by atoms with Gasteiger partial charge in [-0.1, -0.05) is 30.7 Å². The van der Waals surface area contributed by atoms with Crippen LogP contribution in [0.2, 0.25) is 5.02 Å². The molecule has 4 aliphatic carbocycles. The van der Waals surface area contributed by atoms with E-state index in [1.54, 1.807) is 107 Å². The number of ether oxygens (including phenoxy) is 1. The van der Waals surface area contributed by atoms with Crippen molar-refractivity contribution in [3.63, 3.8) is 0 Å². The predicted molar refractivity (Wildman–Crippen MR) is 422 cm³/mol. The number of hydrogen-bond acceptors (Lipinski definition) is 14. The molecule has 4 heterocycles. The van der Waals surface area contributed by atoms with Gasteiger partial charge >= 0.3 is 12.4 Å². The SMILES string of the molecule is CN(C(=O)C(CC(=O)Cn1nc(C(F)(F)F)c2c1C(F)(F)C1CC21)Cc1cc(F)cc(F)c1)c1ccc2c(c1)CCC2=O.COc1ccc(N(C)C(=O)C(CC(=O)Cn2nc(C(F)(F)F)c3c2CC(C)CC3)Cc2cc(C)cc(F)c2)cc1.Cc1cc(F)cc(CC(CC(=O)Cn2c(N)nc3c2C(=O)CC(=O)N3C)C(=O)N(C)c2ccc(Cl)cc2)c1. The number of amides is 4. The van der Waals surface area contributed by atoms with E-state index in [9.17, 15) is 95.8 Å². The quantitative estimate of drug-likeness (QED) is 0.0412. The van der Waals surface area contributed by atoms with E-state index < -0.39 is 136 Å². The summed E-state index contributed by atoms with van der Waals surface area (Å²) in [6.45, 7) is 3.82. The lowest BCUT2D eigenvalue weighted by molar-refractivity contribution is -0.143. The maximum atomic E-state index is 15.0. The molecule has 9 aromatic rings. The number of nitrogens with two attached hydrogens (primary N) is 1. The third-order valence-corrected chi connectivity index (χ3v) is 22.7. The number of carbonyl (C=O) groups is 9. The van der Waals surface area contributed by atoms with Crippen LogP contribution in [0.4, 0.5) is 81.5 Å². The van der Waals surface area contributed by atoms with Gasteiger partial charge in [0.15, 0.2) is 46.1 Å². The molecular weight excluding hydrogens is 1620 g/mol. The number of nitrogen functional groups attached to an aromatic ring is 1. The van der Waals surface area contributed by atoms with Gasteiger partial charge in [-0.3, -0.25) is 62.0 Å². The number of rotatable bonds is 25. The van der Waals surface area contributed by atoms with Gasteiger partial charge in [-0.2, -0.15) is 50.3 Å². The second kappa shape index (κ2) is 35.5. The molecule has 3 aromatic heterocycles. The fourth-order valence-electron chi connectivity index (χ4n) is 16.4. The smallest absolute Gasteiger partial charge is 0.435 e. The lowest BCUT2D eigenvalue weighted by atomic mass is 9.87. The number of anilines is 5. The van der Waals surface area contributed by atoms with Gasteiger partial charge in [0.25, 0.3) is 5.92 Å². The summed E-state index contributed by atoms with van der Waals surface area (Å²) in [5.74, 6) is -14.7. The van der Waals surface area contributed by atoms with E-state index >= 15 is 0 Å². The third kappa shape index (κ3) is 20.0. The molecule has 4 amide bonds. The molecule has 0 saturated heterocycles. The summed E-state index contributed by atoms with van der Waals surface area (Å²) in [5, 5.41) is 7.69. The number of alkyl halides is 8. The average molecular weight is 1710 g/mol. The summed E-state index contributed by atoms with van der Waals surface area (Å²) >= 11 is 5.98. The Hall–Kier alpha value is -11.8. The zero-order valence-electron chi connectivity index (χ0n) is 66.9. The van der Waals surface area contributed by atoms with E-state index in [-0.39, 0.29) is 122 Å². The molecule has 0 bridgehead atoms. The minimum atomic E-state index is -5.00. The number of carbonyl (C=O) groups excluding carboxylic acids is 9. The number of benzene rings is 6. The van der Waals surface area contributed by atoms with Crippen molar-refractivity contribution in [1.29, 1.82) is 0 Å². The van der Waals surface area contributed by atoms with Crippen LogP contribution in [0.5, 0.6) is 5.75 Å². The highest BCUT2D eigenvalue weighted by molar-refractivity contribution is 6.30. The lowest BCUT2D eigenvalue weighted by Crippen LogP contribution is -2.36. The van der Waals surface area contributed by atoms with Crippen LogP contribution in [0.15, 0.2) is 121 Å². The molecule has 1 fully saturated rings. The Morgan fingerprint density at radius 3 is 1.59 bits per heavy atom. The molecule has 6 unspecified atom stereocenters. The van der Waals surface area contributed by atoms with E-state index in [1.807, 2.05) is 6.92 Å². The summed E-state index contributed by atoms with van der Waals surface area (Å²) < 4.78 is 176. The van der Waals surface area contributed by atoms with Crippen LogP contribution in [0.3, 0.4) is 0 Å². The summed E-state index contributed by atoms with van der Waals surface area (Å²) in [6, 6.07) is 29.8. The number of aryl methyl sites for hydroxylation is 3. The number of methoxy groups -OCH3 is 1. The molecule has 0 radical (unpaired) electrons. The molecule has 6 aromatic carbocycles. The van der Waals surface area contributed by atoms with Gasteiger partial charge in [-0.15, -0.1) is 0 Å². The number of fused-ring (bicyclic) bond motifs is 6. The molecule has 1 aliphatic heterocycles. The minimum absolute atomic E-state index is 0.0335. The first kappa shape index (κ1) is 88.5. The average Bonchev–Trinajstić information content (AvgIpc) is 1.51. The molecule has 0 spiro atoms. The molecule has 2 N–H and O–H groups in total. The maximum Gasteiger partial charge on any atom is 0.435 e. The van der Waals surface area contributed by atoms with Crippen molar-refractivity contribution in [2.45, 2.75) is 148 Å². The van der Waals surface area contributed by atoms with Gasteiger partial charge in [0.2, 0.25) is 29.6 Å². The highest BCUT2D eigenvalue weighted by Gasteiger charge is 2.68. The van der Waals surface area contributed by atoms with Gasteiger partial charge in [-0.05, 0) is 214 Å². The Labute approximate surface area is 691 Å². The van der Waals surface area contributed by atoms with Crippen LogP contribution in [0.25, 0.3) is 0 Å². The lowest BCUT2D eigenvalue weighted by Gasteiger charge is -2.25. The maximum absolute atomic E-state index is 15.0. The highest BCUT2D eigenvalue weighted by Crippen LogP contribution is 2.68. The largest absolute Gasteiger partial charge is 0.497 e. The molecule has 6 atom stereocenters. The van der Waals surface area contributed by atoms with Crippen molar-refractivity contribution < 1.29 is 101 Å². The van der Waals surface area contributed by atoms with Gasteiger partial charge in [0.1, 0.15) is 47.0 Å². The van der Waals surface area contributed by atoms with Crippen molar-refractivity contribution in [1.82, 2.24) is 29.1 Å². The van der Waals surface area contributed by atoms with Crippen LogP contribution in [0.1, 0.15) is 146 Å². The zero-order valence-corrected chi connectivity index (χ0v) is 67.6. The van der Waals surface area contributed by atoms with E-state index in [0.717, 1.165) is 22.4 Å². The standard InChI is InChI=1S/C30H24F7N3O3.C30H33F4N3O3.C27H27ClFN5O4/c1-39(19-3-4-21-15(9-19)2-5-24(21)42)28(43)16(6-14-7-17(31)11-18(32)8-14)10-20(41)13-40-27-25(26(38-40)30(35,36)37)22-12-23(22)29(27,33)34;1-18-5-10-26-27(13-18)37(35-28(26)30(32,33)34)17-24(38)16-21(14-20-11-19(2)12-22(31)15-20)29(39)36(3)23-6-8-25(40-4)9-7-23;1-15-8-16(11-19(29)9-15)10-17(26(38)32(2)20-6-4-18(28)5-7-20)12-21(35)14-34-24-22(36)13-23(37)33(3)25(24)31-27(34)30/h3-4,7-9,11,16,22-23H,2,5-6,10,12-13H2,1H3;6-9,11-12,15,18,21H,5,10,13-14,16-17H2,1-4H3;4-9,11,17H,10,12-14H2,1-3H3,(H2,30,31). The second-order valence-electron chi connectivity index (χ2n) is 31.5. The van der Waals surface area contributed by atoms with Crippen molar-refractivity contribution in [3.8, 4) is 5.75 Å². The van der Waals surface area contributed by atoms with Crippen LogP contribution in [-0.4, -0.2) is 117 Å². The van der Waals surface area contributed by atoms with Crippen molar-refractivity contribution in [2.75, 3.05) is 60.6 Å². The van der Waals surface area contributed by atoms with Crippen molar-refractivity contribution >= 4 is 93.0 Å². The van der Waals surface area contributed by atoms with E-state index in [0.29, 0.717) is 97.8 Å². The first-order chi connectivity index (χ1) is 56.9. The topological polar surface area (TPSA) is 255 Å². The minimum Gasteiger partial charge on any atom is -0.497 e. The van der Waals surface area contributed by atoms with Crippen LogP contribution in [0, 0.1) is 66.7 Å². The number of hydrogen-bond donors (Lipinski definition) is 1. The summed E-state index contributed by atoms with van der Waals surface area (Å²) in [5.41, 5.74) is 8.11. The zero-order chi connectivity index (χ0) is 87.9. The number of nitrogens with zero attached hydrogens (tertiary/aromatic N) is 10. The van der Waals surface area contributed by atoms with Gasteiger partial charge < -0.3 is 25.2 Å². The van der Waals surface area contributed by atoms with Gasteiger partial charge in [0, 0.05) is 128 Å². The molecular formula is C87H84ClF12N11O10. The fraction of sp³-hybridized carbons (Fsp3) is 0.379. The van der Waals surface area contributed by atoms with Crippen molar-refractivity contribution in [3.05, 3.63) is 228 Å². The molecule has 21 nitrogen and oxygen atoms in total. The van der Waals surface area contributed by atoms with Crippen LogP contribution < -0.4 is 30.1 Å². The Morgan fingerprint density at radius 2 is 1.07 bits per heavy atom. The number of Topliss-reactive ketones (excluding diaryl/α,β-unsaturated/α-hetero) is 5. The molecule has 1 saturated carbocycles. The van der Waals surface area contributed by atoms with E-state index in [1.165, 1.54) is 69.6 Å². The number of ketones is 5. The first-order valence-corrected chi connectivity index (χ1v) is 39.1. The Morgan fingerprint density at radius 1 is 0.603 bits per heavy atom. The Balaban J connectivity index is 0.000000167. The second-order valence-corrected chi connectivity index (χ2v) is 31.9. The highest BCUT2D eigenvalue weighted by atomic mass is 35.5. The van der Waals surface area contributed by atoms with Gasteiger partial charge in [0.05, 0.1) is 26.6 Å².